The van der Waals surface area contributed by atoms with Gasteiger partial charge in [0.05, 0.1) is 29.8 Å². The third-order valence-electron chi connectivity index (χ3n) is 9.51. The van der Waals surface area contributed by atoms with Crippen molar-refractivity contribution in [3.8, 4) is 0 Å². The molecule has 53 heavy (non-hydrogen) atoms. The van der Waals surface area contributed by atoms with E-state index in [0.29, 0.717) is 63.1 Å². The van der Waals surface area contributed by atoms with Gasteiger partial charge in [0, 0.05) is 38.4 Å². The van der Waals surface area contributed by atoms with E-state index in [1.165, 1.54) is 31.9 Å². The molecule has 9 nitrogen and oxygen atoms in total. The fraction of sp³-hybridized carbons (Fsp3) is 0.600. The molecular formula is C35H42F9N7O2. The number of piperidine rings is 1. The largest absolute Gasteiger partial charge is 0.444 e. The molecule has 3 heterocycles. The van der Waals surface area contributed by atoms with Crippen LogP contribution in [0.4, 0.5) is 55.9 Å². The molecule has 1 unspecified atom stereocenters. The first-order valence-electron chi connectivity index (χ1n) is 17.2. The van der Waals surface area contributed by atoms with Crippen LogP contribution < -0.4 is 9.80 Å². The molecule has 0 radical (unpaired) electrons. The third-order valence-corrected chi connectivity index (χ3v) is 9.51. The summed E-state index contributed by atoms with van der Waals surface area (Å²) in [4.78, 5) is 18.7. The number of amides is 1. The fourth-order valence-corrected chi connectivity index (χ4v) is 7.32. The molecule has 18 heteroatoms. The van der Waals surface area contributed by atoms with Gasteiger partial charge in [-0.3, -0.25) is 0 Å². The molecule has 0 aliphatic carbocycles. The van der Waals surface area contributed by atoms with E-state index in [-0.39, 0.29) is 46.7 Å². The zero-order valence-electron chi connectivity index (χ0n) is 30.2. The number of alkyl halides is 9. The van der Waals surface area contributed by atoms with Gasteiger partial charge in [0.25, 0.3) is 5.95 Å². The minimum Gasteiger partial charge on any atom is -0.444 e. The number of likely N-dealkylation sites (tertiary alicyclic amines) is 1. The first-order chi connectivity index (χ1) is 24.4. The molecule has 0 spiro atoms. The van der Waals surface area contributed by atoms with Crippen molar-refractivity contribution >= 4 is 17.7 Å². The molecule has 0 saturated carbocycles. The van der Waals surface area contributed by atoms with Crippen LogP contribution in [0.5, 0.6) is 0 Å². The molecule has 1 fully saturated rings. The number of aromatic nitrogens is 4. The van der Waals surface area contributed by atoms with E-state index in [2.05, 4.69) is 15.4 Å². The van der Waals surface area contributed by atoms with Crippen molar-refractivity contribution in [3.05, 3.63) is 63.2 Å². The average Bonchev–Trinajstić information content (AvgIpc) is 3.37. The number of fused-ring (bicyclic) bond motifs is 1. The number of benzene rings is 2. The number of tetrazole rings is 1. The van der Waals surface area contributed by atoms with Gasteiger partial charge in [-0.2, -0.15) is 44.3 Å². The molecule has 0 bridgehead atoms. The predicted molar refractivity (Wildman–Crippen MR) is 177 cm³/mol. The maximum Gasteiger partial charge on any atom is 0.416 e. The Morgan fingerprint density at radius 1 is 0.868 bits per heavy atom. The van der Waals surface area contributed by atoms with Gasteiger partial charge >= 0.3 is 24.6 Å². The Kier molecular flexibility index (Phi) is 11.0. The maximum atomic E-state index is 14.6. The summed E-state index contributed by atoms with van der Waals surface area (Å²) in [6.07, 6.45) is -13.5. The van der Waals surface area contributed by atoms with E-state index in [0.717, 1.165) is 4.80 Å². The molecular weight excluding hydrogens is 721 g/mol. The number of halogens is 9. The lowest BCUT2D eigenvalue weighted by atomic mass is 9.90. The van der Waals surface area contributed by atoms with Crippen LogP contribution in [0, 0.1) is 19.8 Å². The van der Waals surface area contributed by atoms with Gasteiger partial charge in [-0.1, -0.05) is 11.2 Å². The van der Waals surface area contributed by atoms with Gasteiger partial charge in [-0.05, 0) is 112 Å². The van der Waals surface area contributed by atoms with E-state index in [4.69, 9.17) is 4.74 Å². The average molecular weight is 764 g/mol. The van der Waals surface area contributed by atoms with E-state index in [1.54, 1.807) is 25.7 Å². The van der Waals surface area contributed by atoms with Crippen molar-refractivity contribution in [1.82, 2.24) is 25.1 Å². The molecule has 1 saturated heterocycles. The number of rotatable bonds is 6. The number of hydrogen-bond donors (Lipinski definition) is 0. The lowest BCUT2D eigenvalue weighted by Crippen LogP contribution is -2.44. The number of aryl methyl sites for hydroxylation is 2. The predicted octanol–water partition coefficient (Wildman–Crippen LogP) is 8.88. The first kappa shape index (κ1) is 39.9. The highest BCUT2D eigenvalue weighted by molar-refractivity contribution is 5.69. The van der Waals surface area contributed by atoms with Crippen LogP contribution in [0.3, 0.4) is 0 Å². The van der Waals surface area contributed by atoms with E-state index >= 15 is 0 Å². The van der Waals surface area contributed by atoms with Crippen molar-refractivity contribution in [3.63, 3.8) is 0 Å². The van der Waals surface area contributed by atoms with Crippen LogP contribution in [-0.4, -0.2) is 63.0 Å². The normalized spacial score (nSPS) is 17.8. The minimum absolute atomic E-state index is 0.00298. The van der Waals surface area contributed by atoms with Crippen molar-refractivity contribution in [1.29, 1.82) is 0 Å². The monoisotopic (exact) mass is 763 g/mol. The second kappa shape index (κ2) is 14.5. The molecule has 1 atom stereocenters. The van der Waals surface area contributed by atoms with Gasteiger partial charge in [-0.25, -0.2) is 4.79 Å². The van der Waals surface area contributed by atoms with Crippen molar-refractivity contribution in [2.24, 2.45) is 13.0 Å². The number of hydrogen-bond acceptors (Lipinski definition) is 7. The molecule has 3 aromatic rings. The van der Waals surface area contributed by atoms with Gasteiger partial charge in [0.1, 0.15) is 5.60 Å². The molecule has 1 amide bonds. The number of carbonyl (C=O) groups is 1. The molecule has 292 valence electrons. The summed E-state index contributed by atoms with van der Waals surface area (Å²) in [7, 11) is 1.43. The highest BCUT2D eigenvalue weighted by Crippen LogP contribution is 2.47. The summed E-state index contributed by atoms with van der Waals surface area (Å²) in [5, 5.41) is 12.1. The highest BCUT2D eigenvalue weighted by Gasteiger charge is 2.41. The maximum absolute atomic E-state index is 14.6. The second-order valence-corrected chi connectivity index (χ2v) is 14.8. The van der Waals surface area contributed by atoms with Crippen molar-refractivity contribution < 1.29 is 49.0 Å². The topological polar surface area (TPSA) is 79.6 Å². The van der Waals surface area contributed by atoms with Crippen LogP contribution in [0.2, 0.25) is 0 Å². The fourth-order valence-electron chi connectivity index (χ4n) is 7.32. The minimum atomic E-state index is -5.09. The Labute approximate surface area is 301 Å². The van der Waals surface area contributed by atoms with Crippen molar-refractivity contribution in [2.45, 2.75) is 97.0 Å². The molecule has 0 N–H and O–H groups in total. The number of nitrogens with zero attached hydrogens (tertiary/aromatic N) is 7. The van der Waals surface area contributed by atoms with Crippen LogP contribution in [0.15, 0.2) is 24.3 Å². The third kappa shape index (κ3) is 9.28. The highest BCUT2D eigenvalue weighted by atomic mass is 19.4. The van der Waals surface area contributed by atoms with Gasteiger partial charge < -0.3 is 19.4 Å². The number of anilines is 2. The van der Waals surface area contributed by atoms with E-state index in [1.807, 2.05) is 4.90 Å². The van der Waals surface area contributed by atoms with Crippen LogP contribution in [0.1, 0.15) is 91.4 Å². The van der Waals surface area contributed by atoms with Crippen LogP contribution in [0.25, 0.3) is 0 Å². The van der Waals surface area contributed by atoms with E-state index < -0.39 is 59.5 Å². The molecule has 2 aliphatic heterocycles. The van der Waals surface area contributed by atoms with Crippen molar-refractivity contribution in [2.75, 3.05) is 36.0 Å². The van der Waals surface area contributed by atoms with Gasteiger partial charge in [0.15, 0.2) is 0 Å². The Bertz CT molecular complexity index is 1760. The molecule has 1 aromatic heterocycles. The van der Waals surface area contributed by atoms with Crippen LogP contribution >= 0.6 is 0 Å². The van der Waals surface area contributed by atoms with Gasteiger partial charge in [-0.15, -0.1) is 5.10 Å². The number of carbonyl (C=O) groups excluding carboxylic acids is 1. The summed E-state index contributed by atoms with van der Waals surface area (Å²) in [6, 6.07) is 1.81. The van der Waals surface area contributed by atoms with Gasteiger partial charge in [0.2, 0.25) is 0 Å². The Morgan fingerprint density at radius 2 is 1.47 bits per heavy atom. The summed E-state index contributed by atoms with van der Waals surface area (Å²) < 4.78 is 132. The Hall–Kier alpha value is -4.25. The summed E-state index contributed by atoms with van der Waals surface area (Å²) in [6.45, 7) is 8.93. The first-order valence-corrected chi connectivity index (χ1v) is 17.2. The molecule has 5 rings (SSSR count). The molecule has 2 aliphatic rings. The zero-order valence-corrected chi connectivity index (χ0v) is 30.2. The second-order valence-electron chi connectivity index (χ2n) is 14.8. The number of ether oxygens (including phenoxy) is 1. The van der Waals surface area contributed by atoms with E-state index in [9.17, 15) is 44.3 Å². The summed E-state index contributed by atoms with van der Waals surface area (Å²) in [5.41, 5.74) is -4.28. The standard InChI is InChI=1S/C35H42F9N7O2/c1-20-14-26-27(51(30-45-47-48(6)46-30)19-23-15-24(33(36,37)38)17-25(16-23)34(39,40)41)8-7-11-50(29(26)21(2)28(20)35(42,43)44)18-22-9-12-49(13-10-22)31(52)53-32(3,4)5/h14-17,22,27H,7-13,18-19H2,1-6H3. The quantitative estimate of drug-likeness (QED) is 0.232. The Balaban J connectivity index is 1.57. The zero-order chi connectivity index (χ0) is 39.3. The Morgan fingerprint density at radius 3 is 1.98 bits per heavy atom. The lowest BCUT2D eigenvalue weighted by molar-refractivity contribution is -0.143. The van der Waals surface area contributed by atoms with Crippen LogP contribution in [-0.2, 0) is 36.9 Å². The smallest absolute Gasteiger partial charge is 0.416 e. The molecule has 2 aromatic carbocycles. The lowest BCUT2D eigenvalue weighted by Gasteiger charge is -2.38. The summed E-state index contributed by atoms with van der Waals surface area (Å²) in [5.74, 6) is -0.121. The SMILES string of the molecule is Cc1cc2c(c(C)c1C(F)(F)F)N(CC1CCN(C(=O)OC(C)(C)C)CC1)CCCC2N(Cc1cc(C(F)(F)F)cc(C(F)(F)F)c1)c1nnn(C)n1. The summed E-state index contributed by atoms with van der Waals surface area (Å²) >= 11 is 0.